The van der Waals surface area contributed by atoms with E-state index in [1.807, 2.05) is 0 Å². The molecule has 0 bridgehead atoms. The second kappa shape index (κ2) is 5.08. The topological polar surface area (TPSA) is 116 Å². The number of aromatic carboxylic acids is 1. The van der Waals surface area contributed by atoms with Crippen molar-refractivity contribution in [1.82, 2.24) is 0 Å². The van der Waals surface area contributed by atoms with Crippen LogP contribution in [-0.4, -0.2) is 29.2 Å². The lowest BCUT2D eigenvalue weighted by molar-refractivity contribution is -0.385. The molecule has 0 aromatic heterocycles. The number of hydrogen-bond acceptors (Lipinski definition) is 5. The van der Waals surface area contributed by atoms with Crippen molar-refractivity contribution in [3.63, 3.8) is 0 Å². The lowest BCUT2D eigenvalue weighted by Crippen LogP contribution is -2.12. The van der Waals surface area contributed by atoms with E-state index in [1.54, 1.807) is 0 Å². The Labute approximate surface area is 90.6 Å². The number of nitrogens with two attached hydrogens (primary N) is 1. The van der Waals surface area contributed by atoms with E-state index in [1.165, 1.54) is 0 Å². The van der Waals surface area contributed by atoms with E-state index < -0.39 is 10.9 Å². The number of nitro benzene ring substituents is 1. The fraction of sp³-hybridized carbons (Fsp3) is 0.222. The van der Waals surface area contributed by atoms with Gasteiger partial charge in [0.1, 0.15) is 6.61 Å². The molecule has 0 saturated heterocycles. The first-order chi connectivity index (χ1) is 7.56. The maximum atomic E-state index is 10.7. The van der Waals surface area contributed by atoms with Crippen LogP contribution in [0.1, 0.15) is 10.4 Å². The van der Waals surface area contributed by atoms with Crippen LogP contribution in [0.15, 0.2) is 18.2 Å². The van der Waals surface area contributed by atoms with E-state index in [2.05, 4.69) is 0 Å². The lowest BCUT2D eigenvalue weighted by atomic mass is 10.2. The van der Waals surface area contributed by atoms with Crippen molar-refractivity contribution in [2.45, 2.75) is 0 Å². The molecule has 0 aliphatic rings. The Kier molecular flexibility index (Phi) is 3.78. The highest BCUT2D eigenvalue weighted by Gasteiger charge is 2.17. The molecule has 0 fully saturated rings. The highest BCUT2D eigenvalue weighted by Crippen LogP contribution is 2.27. The van der Waals surface area contributed by atoms with Gasteiger partial charge in [0.15, 0.2) is 5.75 Å². The quantitative estimate of drug-likeness (QED) is 0.561. The van der Waals surface area contributed by atoms with E-state index >= 15 is 0 Å². The molecule has 1 aromatic carbocycles. The monoisotopic (exact) mass is 226 g/mol. The molecule has 1 rings (SSSR count). The maximum Gasteiger partial charge on any atom is 0.335 e. The number of nitro groups is 1. The normalized spacial score (nSPS) is 9.81. The van der Waals surface area contributed by atoms with Gasteiger partial charge >= 0.3 is 11.7 Å². The van der Waals surface area contributed by atoms with E-state index in [-0.39, 0.29) is 30.2 Å². The van der Waals surface area contributed by atoms with Gasteiger partial charge in [-0.2, -0.15) is 0 Å². The lowest BCUT2D eigenvalue weighted by Gasteiger charge is -2.05. The van der Waals surface area contributed by atoms with Gasteiger partial charge in [-0.3, -0.25) is 10.1 Å². The molecule has 0 aliphatic carbocycles. The molecule has 0 radical (unpaired) electrons. The number of carboxylic acids is 1. The molecule has 7 heteroatoms. The van der Waals surface area contributed by atoms with Crippen molar-refractivity contribution in [3.05, 3.63) is 33.9 Å². The van der Waals surface area contributed by atoms with Gasteiger partial charge in [0.2, 0.25) is 0 Å². The van der Waals surface area contributed by atoms with Crippen LogP contribution in [0.3, 0.4) is 0 Å². The third kappa shape index (κ3) is 2.67. The summed E-state index contributed by atoms with van der Waals surface area (Å²) in [5, 5.41) is 19.3. The second-order valence-corrected chi connectivity index (χ2v) is 2.88. The van der Waals surface area contributed by atoms with Crippen LogP contribution in [0, 0.1) is 10.1 Å². The second-order valence-electron chi connectivity index (χ2n) is 2.88. The predicted octanol–water partition coefficient (Wildman–Crippen LogP) is 0.630. The largest absolute Gasteiger partial charge is 0.485 e. The summed E-state index contributed by atoms with van der Waals surface area (Å²) in [6.07, 6.45) is 0. The van der Waals surface area contributed by atoms with Crippen molar-refractivity contribution in [2.75, 3.05) is 13.2 Å². The van der Waals surface area contributed by atoms with Crippen LogP contribution in [0.25, 0.3) is 0 Å². The number of ether oxygens (including phenoxy) is 1. The van der Waals surface area contributed by atoms with Crippen LogP contribution < -0.4 is 10.5 Å². The minimum atomic E-state index is -1.17. The molecule has 0 heterocycles. The van der Waals surface area contributed by atoms with Gasteiger partial charge in [0.25, 0.3) is 0 Å². The predicted molar refractivity (Wildman–Crippen MR) is 54.6 cm³/mol. The fourth-order valence-electron chi connectivity index (χ4n) is 1.08. The molecule has 0 unspecified atom stereocenters. The van der Waals surface area contributed by atoms with E-state index in [0.29, 0.717) is 0 Å². The molecule has 3 N–H and O–H groups in total. The smallest absolute Gasteiger partial charge is 0.335 e. The minimum Gasteiger partial charge on any atom is -0.485 e. The maximum absolute atomic E-state index is 10.7. The Balaban J connectivity index is 3.10. The van der Waals surface area contributed by atoms with Gasteiger partial charge in [0.05, 0.1) is 10.5 Å². The molecule has 16 heavy (non-hydrogen) atoms. The van der Waals surface area contributed by atoms with E-state index in [0.717, 1.165) is 18.2 Å². The SMILES string of the molecule is NCCOc1cc(C(=O)O)ccc1[N+](=O)[O-]. The summed E-state index contributed by atoms with van der Waals surface area (Å²) in [4.78, 5) is 20.6. The third-order valence-electron chi connectivity index (χ3n) is 1.78. The highest BCUT2D eigenvalue weighted by atomic mass is 16.6. The third-order valence-corrected chi connectivity index (χ3v) is 1.78. The number of benzene rings is 1. The van der Waals surface area contributed by atoms with Gasteiger partial charge in [-0.1, -0.05) is 0 Å². The highest BCUT2D eigenvalue weighted by molar-refractivity contribution is 5.88. The van der Waals surface area contributed by atoms with Crippen molar-refractivity contribution >= 4 is 11.7 Å². The number of carbonyl (C=O) groups is 1. The summed E-state index contributed by atoms with van der Waals surface area (Å²) in [5.41, 5.74) is 4.84. The molecule has 0 amide bonds. The van der Waals surface area contributed by atoms with Crippen molar-refractivity contribution in [1.29, 1.82) is 0 Å². The van der Waals surface area contributed by atoms with Gasteiger partial charge in [-0.05, 0) is 6.07 Å². The molecule has 0 atom stereocenters. The van der Waals surface area contributed by atoms with Crippen LogP contribution in [-0.2, 0) is 0 Å². The summed E-state index contributed by atoms with van der Waals surface area (Å²) in [7, 11) is 0. The molecule has 0 aliphatic heterocycles. The van der Waals surface area contributed by atoms with Crippen LogP contribution >= 0.6 is 0 Å². The molecule has 0 saturated carbocycles. The first kappa shape index (κ1) is 11.9. The Morgan fingerprint density at radius 1 is 1.56 bits per heavy atom. The van der Waals surface area contributed by atoms with Crippen molar-refractivity contribution in [3.8, 4) is 5.75 Å². The van der Waals surface area contributed by atoms with Crippen molar-refractivity contribution < 1.29 is 19.6 Å². The zero-order chi connectivity index (χ0) is 12.1. The number of rotatable bonds is 5. The zero-order valence-electron chi connectivity index (χ0n) is 8.25. The first-order valence-corrected chi connectivity index (χ1v) is 4.41. The first-order valence-electron chi connectivity index (χ1n) is 4.41. The molecule has 0 spiro atoms. The standard InChI is InChI=1S/C9H10N2O5/c10-3-4-16-8-5-6(9(12)13)1-2-7(8)11(14)15/h1-2,5H,3-4,10H2,(H,12,13). The van der Waals surface area contributed by atoms with Crippen LogP contribution in [0.4, 0.5) is 5.69 Å². The summed E-state index contributed by atoms with van der Waals surface area (Å²) in [6.45, 7) is 0.276. The van der Waals surface area contributed by atoms with E-state index in [4.69, 9.17) is 15.6 Å². The van der Waals surface area contributed by atoms with E-state index in [9.17, 15) is 14.9 Å². The Morgan fingerprint density at radius 2 is 2.25 bits per heavy atom. The van der Waals surface area contributed by atoms with Crippen LogP contribution in [0.5, 0.6) is 5.75 Å². The summed E-state index contributed by atoms with van der Waals surface area (Å²) in [6, 6.07) is 3.35. The average molecular weight is 226 g/mol. The summed E-state index contributed by atoms with van der Waals surface area (Å²) < 4.78 is 5.01. The number of hydrogen-bond donors (Lipinski definition) is 2. The molecular formula is C9H10N2O5. The van der Waals surface area contributed by atoms with Crippen molar-refractivity contribution in [2.24, 2.45) is 5.73 Å². The van der Waals surface area contributed by atoms with Gasteiger partial charge in [-0.15, -0.1) is 0 Å². The average Bonchev–Trinajstić information content (AvgIpc) is 2.25. The van der Waals surface area contributed by atoms with Crippen LogP contribution in [0.2, 0.25) is 0 Å². The molecule has 7 nitrogen and oxygen atoms in total. The zero-order valence-corrected chi connectivity index (χ0v) is 8.25. The molecule has 86 valence electrons. The molecular weight excluding hydrogens is 216 g/mol. The summed E-state index contributed by atoms with van der Waals surface area (Å²) >= 11 is 0. The number of nitrogens with zero attached hydrogens (tertiary/aromatic N) is 1. The van der Waals surface area contributed by atoms with Gasteiger partial charge in [-0.25, -0.2) is 4.79 Å². The summed E-state index contributed by atoms with van der Waals surface area (Å²) in [5.74, 6) is -1.26. The fourth-order valence-corrected chi connectivity index (χ4v) is 1.08. The Hall–Kier alpha value is -2.15. The minimum absolute atomic E-state index is 0.0716. The molecule has 1 aromatic rings. The van der Waals surface area contributed by atoms with Gasteiger partial charge < -0.3 is 15.6 Å². The Bertz CT molecular complexity index is 418. The van der Waals surface area contributed by atoms with Gasteiger partial charge in [0, 0.05) is 18.7 Å². The Morgan fingerprint density at radius 3 is 2.75 bits per heavy atom. The number of carboxylic acid groups (broad SMARTS) is 1.